The van der Waals surface area contributed by atoms with E-state index in [1.807, 2.05) is 18.7 Å². The molecule has 1 unspecified atom stereocenters. The lowest BCUT2D eigenvalue weighted by atomic mass is 10.2. The van der Waals surface area contributed by atoms with Gasteiger partial charge in [-0.1, -0.05) is 6.92 Å². The lowest BCUT2D eigenvalue weighted by Gasteiger charge is -2.19. The van der Waals surface area contributed by atoms with Crippen molar-refractivity contribution in [3.05, 3.63) is 28.0 Å². The lowest BCUT2D eigenvalue weighted by molar-refractivity contribution is -0.402. The van der Waals surface area contributed by atoms with E-state index in [0.717, 1.165) is 6.54 Å². The average molecular weight is 237 g/mol. The van der Waals surface area contributed by atoms with Gasteiger partial charge in [0.05, 0.1) is 24.6 Å². The van der Waals surface area contributed by atoms with E-state index in [-0.39, 0.29) is 11.8 Å². The Hall–Kier alpha value is -1.87. The van der Waals surface area contributed by atoms with Gasteiger partial charge in [-0.2, -0.15) is 5.26 Å². The van der Waals surface area contributed by atoms with Gasteiger partial charge in [-0.3, -0.25) is 15.0 Å². The van der Waals surface area contributed by atoms with Crippen LogP contribution in [0.4, 0.5) is 5.88 Å². The second-order valence-electron chi connectivity index (χ2n) is 3.85. The SMILES string of the molecule is CCN(Cc1ccc([N+](=O)[O-])o1)CC(C)C#N. The molecule has 92 valence electrons. The van der Waals surface area contributed by atoms with Crippen molar-refractivity contribution in [3.8, 4) is 6.07 Å². The second kappa shape index (κ2) is 6.01. The normalized spacial score (nSPS) is 12.4. The molecule has 1 aromatic rings. The van der Waals surface area contributed by atoms with Crippen LogP contribution in [0.1, 0.15) is 19.6 Å². The Bertz CT molecular complexity index is 422. The van der Waals surface area contributed by atoms with Gasteiger partial charge < -0.3 is 4.42 Å². The molecule has 0 saturated carbocycles. The quantitative estimate of drug-likeness (QED) is 0.559. The highest BCUT2D eigenvalue weighted by Gasteiger charge is 2.15. The third kappa shape index (κ3) is 3.89. The highest BCUT2D eigenvalue weighted by Crippen LogP contribution is 2.17. The monoisotopic (exact) mass is 237 g/mol. The molecule has 6 heteroatoms. The van der Waals surface area contributed by atoms with Crippen LogP contribution in [0.5, 0.6) is 0 Å². The van der Waals surface area contributed by atoms with Crippen molar-refractivity contribution in [2.45, 2.75) is 20.4 Å². The van der Waals surface area contributed by atoms with Crippen molar-refractivity contribution in [2.24, 2.45) is 5.92 Å². The molecule has 1 atom stereocenters. The lowest BCUT2D eigenvalue weighted by Crippen LogP contribution is -2.27. The summed E-state index contributed by atoms with van der Waals surface area (Å²) in [4.78, 5) is 11.9. The molecule has 0 N–H and O–H groups in total. The molecule has 0 bridgehead atoms. The fourth-order valence-corrected chi connectivity index (χ4v) is 1.50. The van der Waals surface area contributed by atoms with E-state index in [9.17, 15) is 10.1 Å². The van der Waals surface area contributed by atoms with Gasteiger partial charge in [-0.05, 0) is 19.5 Å². The van der Waals surface area contributed by atoms with E-state index in [0.29, 0.717) is 18.8 Å². The van der Waals surface area contributed by atoms with Crippen LogP contribution in [-0.2, 0) is 6.54 Å². The minimum absolute atomic E-state index is 0.0695. The number of hydrogen-bond acceptors (Lipinski definition) is 5. The minimum atomic E-state index is -0.558. The Balaban J connectivity index is 2.61. The fourth-order valence-electron chi connectivity index (χ4n) is 1.50. The van der Waals surface area contributed by atoms with Gasteiger partial charge in [0.25, 0.3) is 0 Å². The first kappa shape index (κ1) is 13.2. The Labute approximate surface area is 99.6 Å². The Morgan fingerprint density at radius 3 is 2.82 bits per heavy atom. The summed E-state index contributed by atoms with van der Waals surface area (Å²) < 4.78 is 5.07. The third-order valence-corrected chi connectivity index (χ3v) is 2.41. The first-order valence-corrected chi connectivity index (χ1v) is 5.41. The second-order valence-corrected chi connectivity index (χ2v) is 3.85. The largest absolute Gasteiger partial charge is 0.433 e. The van der Waals surface area contributed by atoms with Crippen molar-refractivity contribution in [2.75, 3.05) is 13.1 Å². The zero-order chi connectivity index (χ0) is 12.8. The Kier molecular flexibility index (Phi) is 4.67. The summed E-state index contributed by atoms with van der Waals surface area (Å²) in [6.07, 6.45) is 0. The van der Waals surface area contributed by atoms with Crippen LogP contribution in [-0.4, -0.2) is 22.9 Å². The molecule has 0 aliphatic carbocycles. The van der Waals surface area contributed by atoms with E-state index in [4.69, 9.17) is 9.68 Å². The van der Waals surface area contributed by atoms with Crippen LogP contribution < -0.4 is 0 Å². The number of nitrogens with zero attached hydrogens (tertiary/aromatic N) is 3. The van der Waals surface area contributed by atoms with Gasteiger partial charge in [-0.25, -0.2) is 0 Å². The maximum Gasteiger partial charge on any atom is 0.433 e. The molecular weight excluding hydrogens is 222 g/mol. The predicted molar refractivity (Wildman–Crippen MR) is 61.1 cm³/mol. The number of furan rings is 1. The van der Waals surface area contributed by atoms with E-state index in [1.54, 1.807) is 6.07 Å². The Morgan fingerprint density at radius 2 is 2.35 bits per heavy atom. The number of hydrogen-bond donors (Lipinski definition) is 0. The predicted octanol–water partition coefficient (Wildman–Crippen LogP) is 2.17. The van der Waals surface area contributed by atoms with Gasteiger partial charge in [0.2, 0.25) is 0 Å². The molecule has 17 heavy (non-hydrogen) atoms. The van der Waals surface area contributed by atoms with Crippen LogP contribution in [0.25, 0.3) is 0 Å². The highest BCUT2D eigenvalue weighted by atomic mass is 16.6. The van der Waals surface area contributed by atoms with Crippen molar-refractivity contribution in [1.82, 2.24) is 4.90 Å². The first-order chi connectivity index (χ1) is 8.06. The van der Waals surface area contributed by atoms with E-state index in [1.165, 1.54) is 6.07 Å². The smallest absolute Gasteiger partial charge is 0.404 e. The van der Waals surface area contributed by atoms with Crippen molar-refractivity contribution in [3.63, 3.8) is 0 Å². The van der Waals surface area contributed by atoms with Crippen molar-refractivity contribution < 1.29 is 9.34 Å². The standard InChI is InChI=1S/C11H15N3O3/c1-3-13(7-9(2)6-12)8-10-4-5-11(17-10)14(15)16/h4-5,9H,3,7-8H2,1-2H3. The minimum Gasteiger partial charge on any atom is -0.404 e. The van der Waals surface area contributed by atoms with Gasteiger partial charge in [0, 0.05) is 6.54 Å². The molecule has 0 aromatic carbocycles. The fraction of sp³-hybridized carbons (Fsp3) is 0.545. The maximum absolute atomic E-state index is 10.4. The molecule has 0 radical (unpaired) electrons. The van der Waals surface area contributed by atoms with Gasteiger partial charge in [-0.15, -0.1) is 0 Å². The topological polar surface area (TPSA) is 83.3 Å². The Morgan fingerprint density at radius 1 is 1.65 bits per heavy atom. The molecule has 6 nitrogen and oxygen atoms in total. The molecule has 1 rings (SSSR count). The zero-order valence-electron chi connectivity index (χ0n) is 9.92. The van der Waals surface area contributed by atoms with Crippen LogP contribution in [0.3, 0.4) is 0 Å². The summed E-state index contributed by atoms with van der Waals surface area (Å²) in [6.45, 7) is 5.69. The van der Waals surface area contributed by atoms with Gasteiger partial charge >= 0.3 is 5.88 Å². The van der Waals surface area contributed by atoms with Crippen molar-refractivity contribution >= 4 is 5.88 Å². The van der Waals surface area contributed by atoms with E-state index >= 15 is 0 Å². The molecule has 0 aliphatic heterocycles. The molecule has 0 amide bonds. The maximum atomic E-state index is 10.4. The zero-order valence-corrected chi connectivity index (χ0v) is 9.92. The summed E-state index contributed by atoms with van der Waals surface area (Å²) in [5.74, 6) is 0.230. The summed E-state index contributed by atoms with van der Waals surface area (Å²) in [5.41, 5.74) is 0. The van der Waals surface area contributed by atoms with Crippen LogP contribution >= 0.6 is 0 Å². The van der Waals surface area contributed by atoms with Crippen molar-refractivity contribution in [1.29, 1.82) is 5.26 Å². The van der Waals surface area contributed by atoms with E-state index < -0.39 is 4.92 Å². The van der Waals surface area contributed by atoms with Crippen LogP contribution in [0, 0.1) is 27.4 Å². The number of nitriles is 1. The third-order valence-electron chi connectivity index (χ3n) is 2.41. The van der Waals surface area contributed by atoms with Gasteiger partial charge in [0.1, 0.15) is 10.7 Å². The van der Waals surface area contributed by atoms with Crippen LogP contribution in [0.15, 0.2) is 16.5 Å². The number of nitro groups is 1. The summed E-state index contributed by atoms with van der Waals surface area (Å²) in [7, 11) is 0. The average Bonchev–Trinajstić information content (AvgIpc) is 2.76. The van der Waals surface area contributed by atoms with Crippen LogP contribution in [0.2, 0.25) is 0 Å². The van der Waals surface area contributed by atoms with E-state index in [2.05, 4.69) is 6.07 Å². The molecule has 0 spiro atoms. The molecule has 1 heterocycles. The van der Waals surface area contributed by atoms with Gasteiger partial charge in [0.15, 0.2) is 0 Å². The first-order valence-electron chi connectivity index (χ1n) is 5.41. The molecular formula is C11H15N3O3. The summed E-state index contributed by atoms with van der Waals surface area (Å²) in [5, 5.41) is 19.2. The molecule has 0 aliphatic rings. The molecule has 0 fully saturated rings. The highest BCUT2D eigenvalue weighted by molar-refractivity contribution is 5.17. The summed E-state index contributed by atoms with van der Waals surface area (Å²) >= 11 is 0. The molecule has 1 aromatic heterocycles. The number of rotatable bonds is 6. The molecule has 0 saturated heterocycles. The summed E-state index contributed by atoms with van der Waals surface area (Å²) in [6, 6.07) is 5.10.